The summed E-state index contributed by atoms with van der Waals surface area (Å²) in [5.41, 5.74) is 5.29. The molecule has 0 aliphatic carbocycles. The Bertz CT molecular complexity index is 99.1. The van der Waals surface area contributed by atoms with Gasteiger partial charge < -0.3 is 5.73 Å². The summed E-state index contributed by atoms with van der Waals surface area (Å²) in [6.07, 6.45) is 0. The molecular formula is C7H15NO. The van der Waals surface area contributed by atoms with Gasteiger partial charge in [0, 0.05) is 18.4 Å². The van der Waals surface area contributed by atoms with Crippen molar-refractivity contribution >= 4 is 5.78 Å². The molecular weight excluding hydrogens is 114 g/mol. The van der Waals surface area contributed by atoms with E-state index in [1.54, 1.807) is 0 Å². The van der Waals surface area contributed by atoms with Gasteiger partial charge in [0.05, 0.1) is 0 Å². The van der Waals surface area contributed by atoms with Crippen LogP contribution in [-0.2, 0) is 4.79 Å². The molecule has 0 spiro atoms. The third-order valence-electron chi connectivity index (χ3n) is 1.41. The van der Waals surface area contributed by atoms with Crippen molar-refractivity contribution in [1.82, 2.24) is 0 Å². The maximum atomic E-state index is 11.0. The van der Waals surface area contributed by atoms with E-state index in [1.165, 1.54) is 0 Å². The Morgan fingerprint density at radius 3 is 2.00 bits per heavy atom. The van der Waals surface area contributed by atoms with Gasteiger partial charge in [-0.1, -0.05) is 20.8 Å². The Hall–Kier alpha value is -0.370. The fraction of sp³-hybridized carbons (Fsp3) is 0.857. The predicted molar refractivity (Wildman–Crippen MR) is 38.1 cm³/mol. The van der Waals surface area contributed by atoms with Gasteiger partial charge in [-0.2, -0.15) is 0 Å². The Morgan fingerprint density at radius 2 is 1.89 bits per heavy atom. The summed E-state index contributed by atoms with van der Waals surface area (Å²) in [6, 6.07) is 0. The zero-order valence-electron chi connectivity index (χ0n) is 6.35. The molecule has 0 unspecified atom stereocenters. The lowest BCUT2D eigenvalue weighted by molar-refractivity contribution is -0.125. The van der Waals surface area contributed by atoms with E-state index >= 15 is 0 Å². The predicted octanol–water partition coefficient (Wildman–Crippen LogP) is 0.806. The van der Waals surface area contributed by atoms with Crippen molar-refractivity contribution < 1.29 is 4.79 Å². The zero-order valence-corrected chi connectivity index (χ0v) is 6.35. The molecule has 0 saturated carbocycles. The fourth-order valence-corrected chi connectivity index (χ4v) is 0.685. The Kier molecular flexibility index (Phi) is 3.47. The highest BCUT2D eigenvalue weighted by molar-refractivity contribution is 5.82. The summed E-state index contributed by atoms with van der Waals surface area (Å²) in [5.74, 6) is 0.422. The van der Waals surface area contributed by atoms with E-state index < -0.39 is 0 Å². The standard InChI is InChI=1S/C7H15NO/c1-5(2)7(9)6(3)4-8/h5-6H,4,8H2,1-3H3/t6-/m1/s1. The lowest BCUT2D eigenvalue weighted by Gasteiger charge is -2.08. The Balaban J connectivity index is 3.73. The van der Waals surface area contributed by atoms with Gasteiger partial charge in [-0.25, -0.2) is 0 Å². The van der Waals surface area contributed by atoms with Crippen LogP contribution in [0.5, 0.6) is 0 Å². The molecule has 0 saturated heterocycles. The van der Waals surface area contributed by atoms with Crippen LogP contribution in [-0.4, -0.2) is 12.3 Å². The number of hydrogen-bond donors (Lipinski definition) is 1. The molecule has 0 radical (unpaired) electrons. The maximum absolute atomic E-state index is 11.0. The highest BCUT2D eigenvalue weighted by Gasteiger charge is 2.13. The molecule has 0 fully saturated rings. The van der Waals surface area contributed by atoms with E-state index in [0.29, 0.717) is 6.54 Å². The van der Waals surface area contributed by atoms with Crippen LogP contribution < -0.4 is 5.73 Å². The first-order valence-corrected chi connectivity index (χ1v) is 3.33. The van der Waals surface area contributed by atoms with Crippen LogP contribution in [0.1, 0.15) is 20.8 Å². The van der Waals surface area contributed by atoms with Crippen LogP contribution in [0.25, 0.3) is 0 Å². The molecule has 0 aliphatic rings. The van der Waals surface area contributed by atoms with E-state index in [9.17, 15) is 4.79 Å². The van der Waals surface area contributed by atoms with Gasteiger partial charge in [0.15, 0.2) is 0 Å². The first kappa shape index (κ1) is 8.63. The van der Waals surface area contributed by atoms with Crippen molar-refractivity contribution in [1.29, 1.82) is 0 Å². The SMILES string of the molecule is CC(C)C(=O)[C@H](C)CN. The molecule has 0 aromatic heterocycles. The highest BCUT2D eigenvalue weighted by Crippen LogP contribution is 2.03. The third-order valence-corrected chi connectivity index (χ3v) is 1.41. The van der Waals surface area contributed by atoms with Crippen molar-refractivity contribution in [2.24, 2.45) is 17.6 Å². The second-order valence-electron chi connectivity index (χ2n) is 2.69. The Morgan fingerprint density at radius 1 is 1.44 bits per heavy atom. The van der Waals surface area contributed by atoms with E-state index in [2.05, 4.69) is 0 Å². The molecule has 0 heterocycles. The minimum Gasteiger partial charge on any atom is -0.330 e. The van der Waals surface area contributed by atoms with E-state index in [0.717, 1.165) is 0 Å². The molecule has 0 rings (SSSR count). The first-order chi connectivity index (χ1) is 4.09. The molecule has 0 amide bonds. The third kappa shape index (κ3) is 2.61. The minimum atomic E-state index is 0.0324. The molecule has 2 heteroatoms. The lowest BCUT2D eigenvalue weighted by Crippen LogP contribution is -2.24. The first-order valence-electron chi connectivity index (χ1n) is 3.33. The average molecular weight is 129 g/mol. The molecule has 0 aromatic carbocycles. The van der Waals surface area contributed by atoms with Gasteiger partial charge in [0.2, 0.25) is 0 Å². The quantitative estimate of drug-likeness (QED) is 0.612. The van der Waals surface area contributed by atoms with Crippen molar-refractivity contribution in [2.75, 3.05) is 6.54 Å². The second kappa shape index (κ2) is 3.62. The number of carbonyl (C=O) groups excluding carboxylic acids is 1. The molecule has 2 nitrogen and oxygen atoms in total. The number of hydrogen-bond acceptors (Lipinski definition) is 2. The molecule has 54 valence electrons. The molecule has 2 N–H and O–H groups in total. The molecule has 0 aliphatic heterocycles. The van der Waals surface area contributed by atoms with Crippen molar-refractivity contribution in [3.8, 4) is 0 Å². The van der Waals surface area contributed by atoms with Crippen LogP contribution in [0.3, 0.4) is 0 Å². The summed E-state index contributed by atoms with van der Waals surface area (Å²) in [4.78, 5) is 11.0. The number of ketones is 1. The topological polar surface area (TPSA) is 43.1 Å². The van der Waals surface area contributed by atoms with Crippen LogP contribution in [0, 0.1) is 11.8 Å². The molecule has 0 aromatic rings. The number of rotatable bonds is 3. The fourth-order valence-electron chi connectivity index (χ4n) is 0.685. The van der Waals surface area contributed by atoms with Gasteiger partial charge in [-0.3, -0.25) is 4.79 Å². The van der Waals surface area contributed by atoms with E-state index in [4.69, 9.17) is 5.73 Å². The second-order valence-corrected chi connectivity index (χ2v) is 2.69. The van der Waals surface area contributed by atoms with Crippen molar-refractivity contribution in [3.05, 3.63) is 0 Å². The number of carbonyl (C=O) groups is 1. The van der Waals surface area contributed by atoms with E-state index in [1.807, 2.05) is 20.8 Å². The lowest BCUT2D eigenvalue weighted by atomic mass is 9.97. The smallest absolute Gasteiger partial charge is 0.139 e. The number of nitrogens with two attached hydrogens (primary N) is 1. The van der Waals surface area contributed by atoms with Gasteiger partial charge >= 0.3 is 0 Å². The van der Waals surface area contributed by atoms with Crippen molar-refractivity contribution in [2.45, 2.75) is 20.8 Å². The monoisotopic (exact) mass is 129 g/mol. The van der Waals surface area contributed by atoms with Gasteiger partial charge in [-0.05, 0) is 0 Å². The highest BCUT2D eigenvalue weighted by atomic mass is 16.1. The summed E-state index contributed by atoms with van der Waals surface area (Å²) in [5, 5.41) is 0. The normalized spacial score (nSPS) is 13.9. The van der Waals surface area contributed by atoms with Gasteiger partial charge in [0.1, 0.15) is 5.78 Å². The van der Waals surface area contributed by atoms with Gasteiger partial charge in [0.25, 0.3) is 0 Å². The Labute approximate surface area is 56.4 Å². The molecule has 0 bridgehead atoms. The van der Waals surface area contributed by atoms with Crippen LogP contribution in [0.4, 0.5) is 0 Å². The summed E-state index contributed by atoms with van der Waals surface area (Å²) in [7, 11) is 0. The van der Waals surface area contributed by atoms with Crippen LogP contribution in [0.15, 0.2) is 0 Å². The maximum Gasteiger partial charge on any atom is 0.139 e. The molecule has 1 atom stereocenters. The summed E-state index contributed by atoms with van der Waals surface area (Å²) in [6.45, 7) is 6.13. The zero-order chi connectivity index (χ0) is 7.44. The minimum absolute atomic E-state index is 0.0324. The van der Waals surface area contributed by atoms with Gasteiger partial charge in [-0.15, -0.1) is 0 Å². The summed E-state index contributed by atoms with van der Waals surface area (Å²) >= 11 is 0. The largest absolute Gasteiger partial charge is 0.330 e. The number of Topliss-reactive ketones (excluding diaryl/α,β-unsaturated/α-hetero) is 1. The van der Waals surface area contributed by atoms with E-state index in [-0.39, 0.29) is 17.6 Å². The summed E-state index contributed by atoms with van der Waals surface area (Å²) < 4.78 is 0. The molecule has 9 heavy (non-hydrogen) atoms. The van der Waals surface area contributed by atoms with Crippen LogP contribution in [0.2, 0.25) is 0 Å². The van der Waals surface area contributed by atoms with Crippen LogP contribution >= 0.6 is 0 Å². The average Bonchev–Trinajstić information content (AvgIpc) is 1.84. The van der Waals surface area contributed by atoms with Crippen molar-refractivity contribution in [3.63, 3.8) is 0 Å².